The molecule has 0 radical (unpaired) electrons. The molecule has 0 aromatic rings. The third-order valence-electron chi connectivity index (χ3n) is 1.61. The molecule has 120 valence electrons. The van der Waals surface area contributed by atoms with Crippen LogP contribution in [-0.4, -0.2) is 53.5 Å². The van der Waals surface area contributed by atoms with Crippen molar-refractivity contribution in [2.45, 2.75) is 26.1 Å². The van der Waals surface area contributed by atoms with Gasteiger partial charge in [0.05, 0.1) is 12.5 Å². The summed E-state index contributed by atoms with van der Waals surface area (Å²) in [5, 5.41) is 0. The van der Waals surface area contributed by atoms with E-state index in [9.17, 15) is 26.4 Å². The highest BCUT2D eigenvalue weighted by Crippen LogP contribution is 2.04. The molecule has 0 heterocycles. The molecule has 0 saturated heterocycles. The maximum Gasteiger partial charge on any atom is 0.357 e. The Balaban J connectivity index is 4.90. The predicted molar refractivity (Wildman–Crippen MR) is 69.7 cm³/mol. The van der Waals surface area contributed by atoms with Crippen LogP contribution in [0.3, 0.4) is 0 Å². The second kappa shape index (κ2) is 7.51. The number of rotatable bonds is 6. The Morgan fingerprint density at radius 2 is 1.43 bits per heavy atom. The predicted octanol–water partition coefficient (Wildman–Crippen LogP) is -1.21. The van der Waals surface area contributed by atoms with Gasteiger partial charge in [0, 0.05) is 0 Å². The SMILES string of the molecule is CC#CC(OS(C)(=O)=O)C(=O)OC(=O)C(C)OS(C)(=O)=O. The van der Waals surface area contributed by atoms with Crippen LogP contribution in [0.25, 0.3) is 0 Å². The number of hydrogen-bond acceptors (Lipinski definition) is 9. The largest absolute Gasteiger partial charge is 0.388 e. The molecule has 0 aliphatic heterocycles. The Bertz CT molecular complexity index is 663. The number of carbonyl (C=O) groups is 2. The Morgan fingerprint density at radius 1 is 0.952 bits per heavy atom. The van der Waals surface area contributed by atoms with E-state index in [4.69, 9.17) is 0 Å². The minimum atomic E-state index is -4.02. The second-order valence-electron chi connectivity index (χ2n) is 3.76. The first-order chi connectivity index (χ1) is 9.35. The highest BCUT2D eigenvalue weighted by molar-refractivity contribution is 7.86. The number of esters is 2. The van der Waals surface area contributed by atoms with Crippen molar-refractivity contribution in [3.8, 4) is 11.8 Å². The van der Waals surface area contributed by atoms with E-state index in [0.717, 1.165) is 6.92 Å². The fraction of sp³-hybridized carbons (Fsp3) is 0.600. The van der Waals surface area contributed by atoms with Crippen molar-refractivity contribution >= 4 is 32.2 Å². The van der Waals surface area contributed by atoms with Crippen molar-refractivity contribution in [1.29, 1.82) is 0 Å². The summed E-state index contributed by atoms with van der Waals surface area (Å²) < 4.78 is 56.4. The van der Waals surface area contributed by atoms with Crippen LogP contribution in [0.2, 0.25) is 0 Å². The van der Waals surface area contributed by atoms with E-state index in [1.165, 1.54) is 6.92 Å². The zero-order valence-electron chi connectivity index (χ0n) is 11.6. The molecule has 2 unspecified atom stereocenters. The van der Waals surface area contributed by atoms with Crippen molar-refractivity contribution in [2.75, 3.05) is 12.5 Å². The summed E-state index contributed by atoms with van der Waals surface area (Å²) in [6.45, 7) is 2.34. The molecule has 0 bridgehead atoms. The third-order valence-corrected chi connectivity index (χ3v) is 2.79. The van der Waals surface area contributed by atoms with Gasteiger partial charge < -0.3 is 4.74 Å². The number of carbonyl (C=O) groups excluding carboxylic acids is 2. The Hall–Kier alpha value is -1.48. The first kappa shape index (κ1) is 19.5. The third kappa shape index (κ3) is 9.14. The van der Waals surface area contributed by atoms with E-state index < -0.39 is 44.4 Å². The van der Waals surface area contributed by atoms with Crippen LogP contribution < -0.4 is 0 Å². The molecule has 9 nitrogen and oxygen atoms in total. The summed E-state index contributed by atoms with van der Waals surface area (Å²) in [7, 11) is -7.95. The quantitative estimate of drug-likeness (QED) is 0.252. The van der Waals surface area contributed by atoms with Gasteiger partial charge in [-0.3, -0.25) is 4.18 Å². The Morgan fingerprint density at radius 3 is 1.81 bits per heavy atom. The van der Waals surface area contributed by atoms with Crippen molar-refractivity contribution in [1.82, 2.24) is 0 Å². The molecule has 0 N–H and O–H groups in total. The van der Waals surface area contributed by atoms with E-state index in [2.05, 4.69) is 24.9 Å². The van der Waals surface area contributed by atoms with Crippen molar-refractivity contribution in [3.63, 3.8) is 0 Å². The highest BCUT2D eigenvalue weighted by Gasteiger charge is 2.29. The normalized spacial score (nSPS) is 14.5. The maximum atomic E-state index is 11.6. The van der Waals surface area contributed by atoms with Crippen molar-refractivity contribution < 1.29 is 39.5 Å². The van der Waals surface area contributed by atoms with Gasteiger partial charge in [0.1, 0.15) is 0 Å². The van der Waals surface area contributed by atoms with Crippen LogP contribution in [0.5, 0.6) is 0 Å². The number of ether oxygens (including phenoxy) is 1. The van der Waals surface area contributed by atoms with Crippen molar-refractivity contribution in [3.05, 3.63) is 0 Å². The van der Waals surface area contributed by atoms with Gasteiger partial charge in [-0.15, -0.1) is 5.92 Å². The lowest BCUT2D eigenvalue weighted by molar-refractivity contribution is -0.167. The molecule has 0 aromatic carbocycles. The molecule has 0 amide bonds. The van der Waals surface area contributed by atoms with Gasteiger partial charge in [-0.25, -0.2) is 13.8 Å². The first-order valence-corrected chi connectivity index (χ1v) is 8.93. The topological polar surface area (TPSA) is 130 Å². The average Bonchev–Trinajstić information content (AvgIpc) is 2.24. The van der Waals surface area contributed by atoms with Gasteiger partial charge in [-0.2, -0.15) is 16.8 Å². The molecule has 21 heavy (non-hydrogen) atoms. The monoisotopic (exact) mass is 342 g/mol. The summed E-state index contributed by atoms with van der Waals surface area (Å²) in [6, 6.07) is 0. The minimum absolute atomic E-state index is 0.682. The van der Waals surface area contributed by atoms with Crippen LogP contribution >= 0.6 is 0 Å². The first-order valence-electron chi connectivity index (χ1n) is 5.30. The molecule has 0 aliphatic rings. The molecule has 11 heteroatoms. The molecular weight excluding hydrogens is 328 g/mol. The summed E-state index contributed by atoms with van der Waals surface area (Å²) in [5.41, 5.74) is 0. The second-order valence-corrected chi connectivity index (χ2v) is 6.96. The molecule has 0 fully saturated rings. The summed E-state index contributed by atoms with van der Waals surface area (Å²) >= 11 is 0. The summed E-state index contributed by atoms with van der Waals surface area (Å²) in [4.78, 5) is 23.0. The van der Waals surface area contributed by atoms with Gasteiger partial charge in [0.2, 0.25) is 6.10 Å². The molecule has 0 aromatic heterocycles. The summed E-state index contributed by atoms with van der Waals surface area (Å²) in [6.07, 6.45) is -2.03. The minimum Gasteiger partial charge on any atom is -0.388 e. The Labute approximate surface area is 122 Å². The average molecular weight is 342 g/mol. The van der Waals surface area contributed by atoms with Crippen LogP contribution in [0, 0.1) is 11.8 Å². The smallest absolute Gasteiger partial charge is 0.357 e. The van der Waals surface area contributed by atoms with E-state index in [0.29, 0.717) is 12.5 Å². The van der Waals surface area contributed by atoms with E-state index >= 15 is 0 Å². The highest BCUT2D eigenvalue weighted by atomic mass is 32.2. The van der Waals surface area contributed by atoms with Crippen LogP contribution in [0.4, 0.5) is 0 Å². The van der Waals surface area contributed by atoms with Gasteiger partial charge in [0.25, 0.3) is 20.2 Å². The van der Waals surface area contributed by atoms with Gasteiger partial charge in [0.15, 0.2) is 6.10 Å². The number of hydrogen-bond donors (Lipinski definition) is 0. The molecule has 0 spiro atoms. The molecule has 2 atom stereocenters. The van der Waals surface area contributed by atoms with Gasteiger partial charge in [-0.05, 0) is 13.8 Å². The Kier molecular flexibility index (Phi) is 6.98. The molecule has 0 saturated carbocycles. The lowest BCUT2D eigenvalue weighted by atomic mass is 10.3. The van der Waals surface area contributed by atoms with E-state index in [1.54, 1.807) is 0 Å². The van der Waals surface area contributed by atoms with Crippen molar-refractivity contribution in [2.24, 2.45) is 0 Å². The van der Waals surface area contributed by atoms with Crippen LogP contribution in [-0.2, 0) is 42.9 Å². The fourth-order valence-electron chi connectivity index (χ4n) is 0.965. The zero-order chi connectivity index (χ0) is 16.8. The van der Waals surface area contributed by atoms with E-state index in [1.807, 2.05) is 0 Å². The lowest BCUT2D eigenvalue weighted by Crippen LogP contribution is -2.34. The molecule has 0 rings (SSSR count). The standard InChI is InChI=1S/C10H14O9S2/c1-5-6-8(19-21(4,15)16)10(12)17-9(11)7(2)18-20(3,13)14/h7-8H,1-4H3. The fourth-order valence-corrected chi connectivity index (χ4v) is 2.04. The van der Waals surface area contributed by atoms with Gasteiger partial charge in [-0.1, -0.05) is 5.92 Å². The van der Waals surface area contributed by atoms with Gasteiger partial charge >= 0.3 is 11.9 Å². The summed E-state index contributed by atoms with van der Waals surface area (Å²) in [5.74, 6) is 1.60. The molecular formula is C10H14O9S2. The van der Waals surface area contributed by atoms with Crippen LogP contribution in [0.1, 0.15) is 13.8 Å². The molecule has 0 aliphatic carbocycles. The zero-order valence-corrected chi connectivity index (χ0v) is 13.3. The maximum absolute atomic E-state index is 11.6. The van der Waals surface area contributed by atoms with Crippen LogP contribution in [0.15, 0.2) is 0 Å². The van der Waals surface area contributed by atoms with E-state index in [-0.39, 0.29) is 0 Å². The lowest BCUT2D eigenvalue weighted by Gasteiger charge is -2.12.